The van der Waals surface area contributed by atoms with Crippen LogP contribution < -0.4 is 10.1 Å². The number of hydrogen-bond acceptors (Lipinski definition) is 4. The van der Waals surface area contributed by atoms with E-state index in [1.54, 1.807) is 25.3 Å². The molecule has 0 fully saturated rings. The zero-order valence-electron chi connectivity index (χ0n) is 11.7. The van der Waals surface area contributed by atoms with Crippen LogP contribution in [-0.4, -0.2) is 18.0 Å². The summed E-state index contributed by atoms with van der Waals surface area (Å²) in [6.07, 6.45) is 1.36. The average molecular weight is 282 g/mol. The maximum absolute atomic E-state index is 12.3. The van der Waals surface area contributed by atoms with Crippen molar-refractivity contribution < 1.29 is 13.9 Å². The van der Waals surface area contributed by atoms with Crippen LogP contribution in [0.3, 0.4) is 0 Å². The van der Waals surface area contributed by atoms with Gasteiger partial charge in [-0.25, -0.2) is 4.98 Å². The van der Waals surface area contributed by atoms with Crippen LogP contribution in [0.2, 0.25) is 0 Å². The summed E-state index contributed by atoms with van der Waals surface area (Å²) in [6, 6.07) is 10.7. The van der Waals surface area contributed by atoms with Crippen molar-refractivity contribution in [3.63, 3.8) is 0 Å². The Labute approximate surface area is 121 Å². The number of carbonyl (C=O) groups excluding carboxylic acids is 1. The molecular weight excluding hydrogens is 268 g/mol. The molecular formula is C16H14N2O3. The molecule has 0 radical (unpaired) electrons. The first-order chi connectivity index (χ1) is 10.2. The molecule has 1 N–H and O–H groups in total. The molecule has 0 unspecified atom stereocenters. The van der Waals surface area contributed by atoms with Crippen LogP contribution in [-0.2, 0) is 0 Å². The fourth-order valence-electron chi connectivity index (χ4n) is 2.11. The van der Waals surface area contributed by atoms with Crippen molar-refractivity contribution in [2.75, 3.05) is 12.4 Å². The summed E-state index contributed by atoms with van der Waals surface area (Å²) in [5, 5.41) is 2.85. The molecule has 0 aliphatic heterocycles. The van der Waals surface area contributed by atoms with Crippen LogP contribution in [0.4, 0.5) is 5.69 Å². The van der Waals surface area contributed by atoms with Gasteiger partial charge in [0.05, 0.1) is 12.8 Å². The molecule has 0 aliphatic rings. The molecule has 21 heavy (non-hydrogen) atoms. The highest BCUT2D eigenvalue weighted by atomic mass is 16.5. The molecule has 1 heterocycles. The van der Waals surface area contributed by atoms with Crippen molar-refractivity contribution in [2.24, 2.45) is 0 Å². The van der Waals surface area contributed by atoms with Crippen LogP contribution in [0.15, 0.2) is 47.2 Å². The molecule has 3 rings (SSSR count). The topological polar surface area (TPSA) is 64.4 Å². The molecule has 0 aliphatic carbocycles. The fraction of sp³-hybridized carbons (Fsp3) is 0.125. The Morgan fingerprint density at radius 2 is 2.10 bits per heavy atom. The average Bonchev–Trinajstić information content (AvgIpc) is 2.94. The predicted octanol–water partition coefficient (Wildman–Crippen LogP) is 3.40. The van der Waals surface area contributed by atoms with Crippen LogP contribution in [0.5, 0.6) is 5.75 Å². The lowest BCUT2D eigenvalue weighted by Gasteiger charge is -2.11. The Balaban J connectivity index is 1.90. The van der Waals surface area contributed by atoms with Gasteiger partial charge in [0, 0.05) is 5.56 Å². The van der Waals surface area contributed by atoms with Crippen LogP contribution >= 0.6 is 0 Å². The lowest BCUT2D eigenvalue weighted by atomic mass is 10.1. The molecule has 0 bridgehead atoms. The van der Waals surface area contributed by atoms with Gasteiger partial charge in [-0.05, 0) is 42.8 Å². The highest BCUT2D eigenvalue weighted by Gasteiger charge is 2.11. The van der Waals surface area contributed by atoms with E-state index in [0.29, 0.717) is 22.6 Å². The molecule has 106 valence electrons. The number of amides is 1. The molecule has 2 aromatic carbocycles. The Hall–Kier alpha value is -2.82. The van der Waals surface area contributed by atoms with Crippen molar-refractivity contribution in [1.82, 2.24) is 4.98 Å². The normalized spacial score (nSPS) is 10.6. The number of aromatic nitrogens is 1. The number of ether oxygens (including phenoxy) is 1. The molecule has 0 atom stereocenters. The van der Waals surface area contributed by atoms with Gasteiger partial charge in [-0.1, -0.05) is 6.07 Å². The van der Waals surface area contributed by atoms with E-state index in [1.165, 1.54) is 6.39 Å². The quantitative estimate of drug-likeness (QED) is 0.799. The molecule has 0 spiro atoms. The number of methoxy groups -OCH3 is 1. The van der Waals surface area contributed by atoms with Crippen molar-refractivity contribution in [2.45, 2.75) is 6.92 Å². The molecule has 0 saturated carbocycles. The van der Waals surface area contributed by atoms with Gasteiger partial charge in [0.15, 0.2) is 12.0 Å². The third-order valence-electron chi connectivity index (χ3n) is 3.20. The van der Waals surface area contributed by atoms with Gasteiger partial charge in [-0.3, -0.25) is 4.79 Å². The number of rotatable bonds is 3. The summed E-state index contributed by atoms with van der Waals surface area (Å²) in [5.74, 6) is 0.395. The van der Waals surface area contributed by atoms with Crippen LogP contribution in [0.1, 0.15) is 15.9 Å². The summed E-state index contributed by atoms with van der Waals surface area (Å²) in [4.78, 5) is 16.4. The van der Waals surface area contributed by atoms with Gasteiger partial charge in [-0.2, -0.15) is 0 Å². The zero-order valence-corrected chi connectivity index (χ0v) is 11.7. The number of nitrogens with one attached hydrogen (secondary N) is 1. The number of fused-ring (bicyclic) bond motifs is 1. The van der Waals surface area contributed by atoms with Gasteiger partial charge < -0.3 is 14.5 Å². The molecule has 3 aromatic rings. The standard InChI is InChI=1S/C16H14N2O3/c1-10-3-6-14(20-2)13(7-10)18-16(19)11-4-5-12-15(8-11)21-9-17-12/h3-9H,1-2H3,(H,18,19). The predicted molar refractivity (Wildman–Crippen MR) is 79.7 cm³/mol. The van der Waals surface area contributed by atoms with E-state index in [0.717, 1.165) is 11.1 Å². The van der Waals surface area contributed by atoms with Gasteiger partial charge in [0.1, 0.15) is 11.3 Å². The van der Waals surface area contributed by atoms with E-state index in [9.17, 15) is 4.79 Å². The van der Waals surface area contributed by atoms with Crippen LogP contribution in [0, 0.1) is 6.92 Å². The summed E-state index contributed by atoms with van der Waals surface area (Å²) in [6.45, 7) is 1.95. The minimum Gasteiger partial charge on any atom is -0.495 e. The second-order valence-electron chi connectivity index (χ2n) is 4.69. The number of benzene rings is 2. The third-order valence-corrected chi connectivity index (χ3v) is 3.20. The molecule has 1 amide bonds. The van der Waals surface area contributed by atoms with Gasteiger partial charge >= 0.3 is 0 Å². The first-order valence-corrected chi connectivity index (χ1v) is 6.46. The summed E-state index contributed by atoms with van der Waals surface area (Å²) < 4.78 is 10.5. The van der Waals surface area contributed by atoms with Gasteiger partial charge in [0.25, 0.3) is 5.91 Å². The number of carbonyl (C=O) groups is 1. The minimum absolute atomic E-state index is 0.225. The molecule has 5 nitrogen and oxygen atoms in total. The van der Waals surface area contributed by atoms with E-state index in [4.69, 9.17) is 9.15 Å². The third kappa shape index (κ3) is 2.58. The SMILES string of the molecule is COc1ccc(C)cc1NC(=O)c1ccc2ncoc2c1. The number of oxazole rings is 1. The molecule has 5 heteroatoms. The van der Waals surface area contributed by atoms with E-state index < -0.39 is 0 Å². The molecule has 1 aromatic heterocycles. The largest absolute Gasteiger partial charge is 0.495 e. The smallest absolute Gasteiger partial charge is 0.255 e. The number of nitrogens with zero attached hydrogens (tertiary/aromatic N) is 1. The Morgan fingerprint density at radius 3 is 2.90 bits per heavy atom. The fourth-order valence-corrected chi connectivity index (χ4v) is 2.11. The summed E-state index contributed by atoms with van der Waals surface area (Å²) >= 11 is 0. The summed E-state index contributed by atoms with van der Waals surface area (Å²) in [5.41, 5.74) is 3.48. The van der Waals surface area contributed by atoms with Gasteiger partial charge in [-0.15, -0.1) is 0 Å². The first-order valence-electron chi connectivity index (χ1n) is 6.46. The van der Waals surface area contributed by atoms with E-state index in [-0.39, 0.29) is 5.91 Å². The second-order valence-corrected chi connectivity index (χ2v) is 4.69. The maximum atomic E-state index is 12.3. The number of hydrogen-bond donors (Lipinski definition) is 1. The monoisotopic (exact) mass is 282 g/mol. The second kappa shape index (κ2) is 5.28. The van der Waals surface area contributed by atoms with E-state index in [2.05, 4.69) is 10.3 Å². The Bertz CT molecular complexity index is 808. The van der Waals surface area contributed by atoms with Crippen LogP contribution in [0.25, 0.3) is 11.1 Å². The van der Waals surface area contributed by atoms with E-state index >= 15 is 0 Å². The maximum Gasteiger partial charge on any atom is 0.255 e. The van der Waals surface area contributed by atoms with E-state index in [1.807, 2.05) is 25.1 Å². The lowest BCUT2D eigenvalue weighted by Crippen LogP contribution is -2.12. The first kappa shape index (κ1) is 13.2. The lowest BCUT2D eigenvalue weighted by molar-refractivity contribution is 0.102. The highest BCUT2D eigenvalue weighted by Crippen LogP contribution is 2.26. The highest BCUT2D eigenvalue weighted by molar-refractivity contribution is 6.06. The summed E-state index contributed by atoms with van der Waals surface area (Å²) in [7, 11) is 1.57. The zero-order chi connectivity index (χ0) is 14.8. The number of aryl methyl sites for hydroxylation is 1. The molecule has 0 saturated heterocycles. The number of anilines is 1. The Morgan fingerprint density at radius 1 is 1.24 bits per heavy atom. The van der Waals surface area contributed by atoms with Gasteiger partial charge in [0.2, 0.25) is 0 Å². The van der Waals surface area contributed by atoms with Crippen molar-refractivity contribution in [1.29, 1.82) is 0 Å². The Kier molecular flexibility index (Phi) is 3.31. The van der Waals surface area contributed by atoms with Crippen molar-refractivity contribution in [3.8, 4) is 5.75 Å². The van der Waals surface area contributed by atoms with Crippen molar-refractivity contribution >= 4 is 22.7 Å². The van der Waals surface area contributed by atoms with Crippen molar-refractivity contribution in [3.05, 3.63) is 53.9 Å². The minimum atomic E-state index is -0.225.